The van der Waals surface area contributed by atoms with Gasteiger partial charge in [-0.1, -0.05) is 6.07 Å². The van der Waals surface area contributed by atoms with E-state index in [0.717, 1.165) is 12.1 Å². The Labute approximate surface area is 125 Å². The molecule has 0 aliphatic heterocycles. The SMILES string of the molecule is OCC(CO)CC(O)(Cn1cncn1)c1ccc(F)cc1F. The predicted octanol–water partition coefficient (Wildman–Crippen LogP) is 0.435. The number of rotatable bonds is 7. The molecule has 0 aliphatic carbocycles. The minimum absolute atomic E-state index is 0.123. The molecule has 0 aliphatic rings. The van der Waals surface area contributed by atoms with Gasteiger partial charge in [0.15, 0.2) is 0 Å². The number of hydrogen-bond donors (Lipinski definition) is 3. The van der Waals surface area contributed by atoms with Crippen LogP contribution in [0.4, 0.5) is 8.78 Å². The molecule has 1 unspecified atom stereocenters. The van der Waals surface area contributed by atoms with Gasteiger partial charge < -0.3 is 15.3 Å². The summed E-state index contributed by atoms with van der Waals surface area (Å²) in [5.41, 5.74) is -1.90. The molecule has 8 heteroatoms. The maximum absolute atomic E-state index is 14.1. The Morgan fingerprint density at radius 3 is 2.50 bits per heavy atom. The van der Waals surface area contributed by atoms with Gasteiger partial charge in [0.2, 0.25) is 0 Å². The molecule has 1 aromatic carbocycles. The Morgan fingerprint density at radius 2 is 1.95 bits per heavy atom. The van der Waals surface area contributed by atoms with Crippen molar-refractivity contribution in [2.45, 2.75) is 18.6 Å². The quantitative estimate of drug-likeness (QED) is 0.690. The number of aliphatic hydroxyl groups is 3. The number of benzene rings is 1. The van der Waals surface area contributed by atoms with Crippen LogP contribution < -0.4 is 0 Å². The van der Waals surface area contributed by atoms with E-state index < -0.39 is 23.2 Å². The Morgan fingerprint density at radius 1 is 1.23 bits per heavy atom. The molecule has 0 saturated heterocycles. The summed E-state index contributed by atoms with van der Waals surface area (Å²) in [5, 5.41) is 33.2. The molecule has 0 saturated carbocycles. The second-order valence-electron chi connectivity index (χ2n) is 5.18. The van der Waals surface area contributed by atoms with Gasteiger partial charge in [-0.15, -0.1) is 0 Å². The average molecular weight is 313 g/mol. The van der Waals surface area contributed by atoms with E-state index in [4.69, 9.17) is 0 Å². The van der Waals surface area contributed by atoms with Crippen LogP contribution in [0.1, 0.15) is 12.0 Å². The van der Waals surface area contributed by atoms with E-state index in [1.165, 1.54) is 17.3 Å². The van der Waals surface area contributed by atoms with Gasteiger partial charge in [-0.25, -0.2) is 18.4 Å². The first-order chi connectivity index (χ1) is 10.5. The second kappa shape index (κ2) is 6.91. The third-order valence-corrected chi connectivity index (χ3v) is 3.47. The van der Waals surface area contributed by atoms with Crippen LogP contribution in [-0.4, -0.2) is 43.3 Å². The Hall–Kier alpha value is -1.90. The number of nitrogens with zero attached hydrogens (tertiary/aromatic N) is 3. The Kier molecular flexibility index (Phi) is 5.17. The van der Waals surface area contributed by atoms with Gasteiger partial charge in [-0.05, 0) is 12.5 Å². The van der Waals surface area contributed by atoms with Gasteiger partial charge in [0.1, 0.15) is 29.9 Å². The van der Waals surface area contributed by atoms with E-state index in [-0.39, 0.29) is 31.7 Å². The molecule has 0 spiro atoms. The molecule has 120 valence electrons. The fourth-order valence-corrected chi connectivity index (χ4v) is 2.37. The van der Waals surface area contributed by atoms with Gasteiger partial charge >= 0.3 is 0 Å². The normalized spacial score (nSPS) is 14.3. The van der Waals surface area contributed by atoms with E-state index >= 15 is 0 Å². The summed E-state index contributed by atoms with van der Waals surface area (Å²) in [6.45, 7) is -0.899. The molecular formula is C14H17F2N3O3. The van der Waals surface area contributed by atoms with Crippen molar-refractivity contribution in [1.82, 2.24) is 14.8 Å². The molecule has 2 aromatic rings. The van der Waals surface area contributed by atoms with Crippen LogP contribution in [0, 0.1) is 17.6 Å². The lowest BCUT2D eigenvalue weighted by atomic mass is 9.84. The molecule has 0 bridgehead atoms. The van der Waals surface area contributed by atoms with Crippen LogP contribution in [0.25, 0.3) is 0 Å². The van der Waals surface area contributed by atoms with Crippen LogP contribution >= 0.6 is 0 Å². The van der Waals surface area contributed by atoms with Gasteiger partial charge in [-0.3, -0.25) is 0 Å². The van der Waals surface area contributed by atoms with Crippen molar-refractivity contribution in [1.29, 1.82) is 0 Å². The highest BCUT2D eigenvalue weighted by Gasteiger charge is 2.35. The Bertz CT molecular complexity index is 605. The molecule has 2 rings (SSSR count). The van der Waals surface area contributed by atoms with Crippen molar-refractivity contribution in [2.75, 3.05) is 13.2 Å². The third kappa shape index (κ3) is 3.65. The van der Waals surface area contributed by atoms with Crippen LogP contribution in [-0.2, 0) is 12.1 Å². The van der Waals surface area contributed by atoms with Gasteiger partial charge in [0.25, 0.3) is 0 Å². The molecule has 0 amide bonds. The maximum atomic E-state index is 14.1. The first kappa shape index (κ1) is 16.5. The predicted molar refractivity (Wildman–Crippen MR) is 72.6 cm³/mol. The molecular weight excluding hydrogens is 296 g/mol. The molecule has 22 heavy (non-hydrogen) atoms. The third-order valence-electron chi connectivity index (χ3n) is 3.47. The number of aromatic nitrogens is 3. The topological polar surface area (TPSA) is 91.4 Å². The minimum atomic E-state index is -1.78. The zero-order valence-electron chi connectivity index (χ0n) is 11.7. The summed E-state index contributed by atoms with van der Waals surface area (Å²) >= 11 is 0. The van der Waals surface area contributed by atoms with Crippen molar-refractivity contribution < 1.29 is 24.1 Å². The molecule has 1 heterocycles. The van der Waals surface area contributed by atoms with E-state index in [9.17, 15) is 24.1 Å². The number of aliphatic hydroxyl groups excluding tert-OH is 2. The fourth-order valence-electron chi connectivity index (χ4n) is 2.37. The molecule has 6 nitrogen and oxygen atoms in total. The number of halogens is 2. The first-order valence-corrected chi connectivity index (χ1v) is 6.70. The van der Waals surface area contributed by atoms with E-state index in [2.05, 4.69) is 10.1 Å². The summed E-state index contributed by atoms with van der Waals surface area (Å²) in [6, 6.07) is 2.86. The molecule has 1 atom stereocenters. The molecule has 3 N–H and O–H groups in total. The highest BCUT2D eigenvalue weighted by Crippen LogP contribution is 2.32. The second-order valence-corrected chi connectivity index (χ2v) is 5.18. The monoisotopic (exact) mass is 313 g/mol. The van der Waals surface area contributed by atoms with Crippen molar-refractivity contribution >= 4 is 0 Å². The summed E-state index contributed by atoms with van der Waals surface area (Å²) in [6.07, 6.45) is 2.48. The Balaban J connectivity index is 2.39. The van der Waals surface area contributed by atoms with Gasteiger partial charge in [0, 0.05) is 30.8 Å². The van der Waals surface area contributed by atoms with Crippen LogP contribution in [0.3, 0.4) is 0 Å². The minimum Gasteiger partial charge on any atom is -0.396 e. The first-order valence-electron chi connectivity index (χ1n) is 6.70. The van der Waals surface area contributed by atoms with Crippen molar-refractivity contribution in [3.05, 3.63) is 48.1 Å². The fraction of sp³-hybridized carbons (Fsp3) is 0.429. The van der Waals surface area contributed by atoms with Crippen LogP contribution in [0.15, 0.2) is 30.9 Å². The van der Waals surface area contributed by atoms with Crippen LogP contribution in [0.5, 0.6) is 0 Å². The molecule has 0 fully saturated rings. The van der Waals surface area contributed by atoms with Gasteiger partial charge in [0.05, 0.1) is 6.54 Å². The lowest BCUT2D eigenvalue weighted by Gasteiger charge is -2.31. The number of hydrogen-bond acceptors (Lipinski definition) is 5. The standard InChI is InChI=1S/C14H17F2N3O3/c15-11-1-2-12(13(16)3-11)14(22,4-10(5-20)6-21)7-19-9-17-8-18-19/h1-3,8-10,20-22H,4-7H2. The van der Waals surface area contributed by atoms with Crippen molar-refractivity contribution in [2.24, 2.45) is 5.92 Å². The highest BCUT2D eigenvalue weighted by atomic mass is 19.1. The summed E-state index contributed by atoms with van der Waals surface area (Å²) in [4.78, 5) is 3.74. The zero-order valence-corrected chi connectivity index (χ0v) is 11.7. The summed E-state index contributed by atoms with van der Waals surface area (Å²) in [5.74, 6) is -2.32. The summed E-state index contributed by atoms with van der Waals surface area (Å²) in [7, 11) is 0. The van der Waals surface area contributed by atoms with Crippen molar-refractivity contribution in [3.63, 3.8) is 0 Å². The lowest BCUT2D eigenvalue weighted by molar-refractivity contribution is -0.0283. The molecule has 0 radical (unpaired) electrons. The average Bonchev–Trinajstić information content (AvgIpc) is 2.97. The van der Waals surface area contributed by atoms with Gasteiger partial charge in [-0.2, -0.15) is 5.10 Å². The molecule has 1 aromatic heterocycles. The zero-order chi connectivity index (χ0) is 16.2. The van der Waals surface area contributed by atoms with E-state index in [0.29, 0.717) is 6.07 Å². The maximum Gasteiger partial charge on any atom is 0.137 e. The summed E-state index contributed by atoms with van der Waals surface area (Å²) < 4.78 is 28.4. The van der Waals surface area contributed by atoms with Crippen molar-refractivity contribution in [3.8, 4) is 0 Å². The van der Waals surface area contributed by atoms with E-state index in [1.54, 1.807) is 0 Å². The largest absolute Gasteiger partial charge is 0.396 e. The van der Waals surface area contributed by atoms with Crippen LogP contribution in [0.2, 0.25) is 0 Å². The lowest BCUT2D eigenvalue weighted by Crippen LogP contribution is -2.36. The smallest absolute Gasteiger partial charge is 0.137 e. The highest BCUT2D eigenvalue weighted by molar-refractivity contribution is 5.25. The van der Waals surface area contributed by atoms with E-state index in [1.807, 2.05) is 0 Å².